The van der Waals surface area contributed by atoms with Gasteiger partial charge in [-0.2, -0.15) is 0 Å². The largest absolute Gasteiger partial charge is 0.508 e. The third-order valence-corrected chi connectivity index (χ3v) is 7.27. The standard InChI is InChI=1S/C20H28O2/c1-3-20-7-6-17-16-5-4-14(21)9-13(16)8-12(2)19(17)18(20)10-15(22)11-20/h4-5,9,12,15,17-19,21-22H,3,6-8,10-11H2,1-2H3/t12-,15+,17-,18+,19-,20-/m1/s1. The van der Waals surface area contributed by atoms with Gasteiger partial charge >= 0.3 is 0 Å². The van der Waals surface area contributed by atoms with Crippen LogP contribution in [0.2, 0.25) is 0 Å². The summed E-state index contributed by atoms with van der Waals surface area (Å²) in [5.74, 6) is 3.08. The molecule has 0 aliphatic heterocycles. The van der Waals surface area contributed by atoms with E-state index in [0.717, 1.165) is 19.3 Å². The Kier molecular flexibility index (Phi) is 3.30. The fourth-order valence-electron chi connectivity index (χ4n) is 6.37. The van der Waals surface area contributed by atoms with Gasteiger partial charge in [0.25, 0.3) is 0 Å². The summed E-state index contributed by atoms with van der Waals surface area (Å²) in [4.78, 5) is 0. The fourth-order valence-corrected chi connectivity index (χ4v) is 6.37. The van der Waals surface area contributed by atoms with E-state index >= 15 is 0 Å². The summed E-state index contributed by atoms with van der Waals surface area (Å²) in [6, 6.07) is 6.00. The molecule has 120 valence electrons. The van der Waals surface area contributed by atoms with Crippen LogP contribution in [0.3, 0.4) is 0 Å². The van der Waals surface area contributed by atoms with E-state index in [1.165, 1.54) is 30.4 Å². The Labute approximate surface area is 133 Å². The average molecular weight is 300 g/mol. The van der Waals surface area contributed by atoms with Crippen LogP contribution >= 0.6 is 0 Å². The number of aliphatic hydroxyl groups is 1. The van der Waals surface area contributed by atoms with Gasteiger partial charge in [0.05, 0.1) is 6.10 Å². The predicted molar refractivity (Wildman–Crippen MR) is 87.9 cm³/mol. The van der Waals surface area contributed by atoms with Gasteiger partial charge in [0.2, 0.25) is 0 Å². The molecule has 2 fully saturated rings. The van der Waals surface area contributed by atoms with Crippen molar-refractivity contribution in [3.63, 3.8) is 0 Å². The maximum Gasteiger partial charge on any atom is 0.115 e. The zero-order chi connectivity index (χ0) is 15.5. The van der Waals surface area contributed by atoms with Crippen molar-refractivity contribution in [1.29, 1.82) is 0 Å². The Morgan fingerprint density at radius 3 is 2.91 bits per heavy atom. The molecule has 3 aliphatic carbocycles. The Bertz CT molecular complexity index is 581. The number of benzene rings is 1. The molecule has 2 saturated carbocycles. The Morgan fingerprint density at radius 2 is 2.14 bits per heavy atom. The van der Waals surface area contributed by atoms with Crippen molar-refractivity contribution in [2.45, 2.75) is 64.4 Å². The maximum atomic E-state index is 10.3. The monoisotopic (exact) mass is 300 g/mol. The molecule has 2 heteroatoms. The summed E-state index contributed by atoms with van der Waals surface area (Å²) < 4.78 is 0. The van der Waals surface area contributed by atoms with Crippen molar-refractivity contribution < 1.29 is 10.2 Å². The number of aromatic hydroxyl groups is 1. The molecule has 0 aromatic heterocycles. The van der Waals surface area contributed by atoms with Crippen molar-refractivity contribution in [3.05, 3.63) is 29.3 Å². The van der Waals surface area contributed by atoms with Crippen molar-refractivity contribution >= 4 is 0 Å². The third-order valence-electron chi connectivity index (χ3n) is 7.27. The molecule has 3 aliphatic rings. The predicted octanol–water partition coefficient (Wildman–Crippen LogP) is 4.25. The third kappa shape index (κ3) is 1.96. The number of aliphatic hydroxyl groups excluding tert-OH is 1. The highest BCUT2D eigenvalue weighted by Gasteiger charge is 2.55. The molecule has 1 aromatic rings. The lowest BCUT2D eigenvalue weighted by atomic mass is 9.52. The molecule has 0 spiro atoms. The summed E-state index contributed by atoms with van der Waals surface area (Å²) in [5, 5.41) is 20.1. The summed E-state index contributed by atoms with van der Waals surface area (Å²) in [6.07, 6.45) is 6.75. The van der Waals surface area contributed by atoms with E-state index in [4.69, 9.17) is 0 Å². The quantitative estimate of drug-likeness (QED) is 0.814. The van der Waals surface area contributed by atoms with Crippen LogP contribution in [-0.2, 0) is 6.42 Å². The first kappa shape index (κ1) is 14.6. The lowest BCUT2D eigenvalue weighted by Gasteiger charge is -2.52. The number of phenols is 1. The minimum atomic E-state index is -0.0860. The van der Waals surface area contributed by atoms with E-state index in [0.29, 0.717) is 34.8 Å². The van der Waals surface area contributed by atoms with E-state index in [-0.39, 0.29) is 6.10 Å². The lowest BCUT2D eigenvalue weighted by molar-refractivity contribution is 0.0154. The topological polar surface area (TPSA) is 40.5 Å². The molecular weight excluding hydrogens is 272 g/mol. The van der Waals surface area contributed by atoms with E-state index in [1.807, 2.05) is 12.1 Å². The molecule has 0 saturated heterocycles. The van der Waals surface area contributed by atoms with Gasteiger partial charge < -0.3 is 10.2 Å². The SMILES string of the molecule is CC[C@]12CC[C@@H]3c4ccc(O)cc4C[C@@H](C)[C@H]3[C@@H]1C[C@H](O)C2. The lowest BCUT2D eigenvalue weighted by Crippen LogP contribution is -2.44. The molecule has 0 bridgehead atoms. The molecular formula is C20H28O2. The van der Waals surface area contributed by atoms with Crippen LogP contribution in [0.4, 0.5) is 0 Å². The van der Waals surface area contributed by atoms with Crippen LogP contribution in [0.25, 0.3) is 0 Å². The van der Waals surface area contributed by atoms with Gasteiger partial charge in [0.15, 0.2) is 0 Å². The van der Waals surface area contributed by atoms with Gasteiger partial charge in [0, 0.05) is 0 Å². The molecule has 0 amide bonds. The van der Waals surface area contributed by atoms with Gasteiger partial charge in [-0.25, -0.2) is 0 Å². The molecule has 0 unspecified atom stereocenters. The van der Waals surface area contributed by atoms with Crippen molar-refractivity contribution in [1.82, 2.24) is 0 Å². The summed E-state index contributed by atoms with van der Waals surface area (Å²) in [6.45, 7) is 4.71. The second-order valence-electron chi connectivity index (χ2n) is 8.20. The van der Waals surface area contributed by atoms with E-state index < -0.39 is 0 Å². The van der Waals surface area contributed by atoms with E-state index in [1.54, 1.807) is 0 Å². The number of hydrogen-bond acceptors (Lipinski definition) is 2. The van der Waals surface area contributed by atoms with Crippen LogP contribution in [-0.4, -0.2) is 16.3 Å². The minimum Gasteiger partial charge on any atom is -0.508 e. The maximum absolute atomic E-state index is 10.3. The molecule has 2 N–H and O–H groups in total. The van der Waals surface area contributed by atoms with Gasteiger partial charge in [-0.15, -0.1) is 0 Å². The summed E-state index contributed by atoms with van der Waals surface area (Å²) in [5.41, 5.74) is 3.23. The number of phenolic OH excluding ortho intramolecular Hbond substituents is 1. The molecule has 0 radical (unpaired) electrons. The fraction of sp³-hybridized carbons (Fsp3) is 0.700. The summed E-state index contributed by atoms with van der Waals surface area (Å²) in [7, 11) is 0. The van der Waals surface area contributed by atoms with Gasteiger partial charge in [0.1, 0.15) is 5.75 Å². The Morgan fingerprint density at radius 1 is 1.32 bits per heavy atom. The second kappa shape index (κ2) is 4.99. The summed E-state index contributed by atoms with van der Waals surface area (Å²) >= 11 is 0. The molecule has 4 rings (SSSR count). The van der Waals surface area contributed by atoms with Gasteiger partial charge in [-0.3, -0.25) is 0 Å². The molecule has 1 aromatic carbocycles. The number of rotatable bonds is 1. The number of fused-ring (bicyclic) bond motifs is 5. The number of hydrogen-bond donors (Lipinski definition) is 2. The highest BCUT2D eigenvalue weighted by molar-refractivity contribution is 5.40. The normalized spacial score (nSPS) is 43.3. The molecule has 2 nitrogen and oxygen atoms in total. The average Bonchev–Trinajstić information content (AvgIpc) is 2.83. The van der Waals surface area contributed by atoms with Crippen molar-refractivity contribution in [2.75, 3.05) is 0 Å². The highest BCUT2D eigenvalue weighted by Crippen LogP contribution is 2.63. The first-order chi connectivity index (χ1) is 10.5. The van der Waals surface area contributed by atoms with Crippen LogP contribution in [0, 0.1) is 23.2 Å². The second-order valence-corrected chi connectivity index (χ2v) is 8.20. The Hall–Kier alpha value is -1.02. The van der Waals surface area contributed by atoms with Gasteiger partial charge in [-0.1, -0.05) is 26.3 Å². The smallest absolute Gasteiger partial charge is 0.115 e. The zero-order valence-corrected chi connectivity index (χ0v) is 13.8. The van der Waals surface area contributed by atoms with E-state index in [9.17, 15) is 10.2 Å². The Balaban J connectivity index is 1.75. The highest BCUT2D eigenvalue weighted by atomic mass is 16.3. The minimum absolute atomic E-state index is 0.0860. The molecule has 6 atom stereocenters. The first-order valence-electron chi connectivity index (χ1n) is 9.04. The van der Waals surface area contributed by atoms with Crippen LogP contribution in [0.1, 0.15) is 63.0 Å². The van der Waals surface area contributed by atoms with Crippen molar-refractivity contribution in [2.24, 2.45) is 23.2 Å². The van der Waals surface area contributed by atoms with Gasteiger partial charge in [-0.05, 0) is 84.5 Å². The van der Waals surface area contributed by atoms with Crippen LogP contribution in [0.15, 0.2) is 18.2 Å². The van der Waals surface area contributed by atoms with Crippen molar-refractivity contribution in [3.8, 4) is 5.75 Å². The molecule has 0 heterocycles. The molecule has 22 heavy (non-hydrogen) atoms. The van der Waals surface area contributed by atoms with E-state index in [2.05, 4.69) is 19.9 Å². The zero-order valence-electron chi connectivity index (χ0n) is 13.8. The first-order valence-corrected chi connectivity index (χ1v) is 9.04. The van der Waals surface area contributed by atoms with Crippen LogP contribution < -0.4 is 0 Å². The van der Waals surface area contributed by atoms with Crippen LogP contribution in [0.5, 0.6) is 5.75 Å².